The van der Waals surface area contributed by atoms with Gasteiger partial charge in [0.25, 0.3) is 0 Å². The smallest absolute Gasteiger partial charge is 0.207 e. The number of fused-ring (bicyclic) bond motifs is 5. The molecule has 0 amide bonds. The Morgan fingerprint density at radius 1 is 1.38 bits per heavy atom. The van der Waals surface area contributed by atoms with E-state index in [0.717, 1.165) is 6.42 Å². The predicted molar refractivity (Wildman–Crippen MR) is 39.9 cm³/mol. The summed E-state index contributed by atoms with van der Waals surface area (Å²) in [6, 6.07) is 0. The molecule has 2 saturated heterocycles. The lowest BCUT2D eigenvalue weighted by Gasteiger charge is -2.25. The first kappa shape index (κ1) is 7.62. The lowest BCUT2D eigenvalue weighted by molar-refractivity contribution is -0.131. The molecule has 3 nitrogen and oxygen atoms in total. The van der Waals surface area contributed by atoms with Crippen LogP contribution < -0.4 is 0 Å². The zero-order valence-corrected chi connectivity index (χ0v) is 6.96. The fourth-order valence-electron chi connectivity index (χ4n) is 2.89. The van der Waals surface area contributed by atoms with E-state index < -0.39 is 23.5 Å². The third-order valence-corrected chi connectivity index (χ3v) is 3.45. The number of carbonyl (C=O) groups excluding carboxylic acids is 2. The third kappa shape index (κ3) is 0.655. The van der Waals surface area contributed by atoms with Crippen molar-refractivity contribution in [1.82, 2.24) is 0 Å². The maximum absolute atomic E-state index is 14.1. The van der Waals surface area contributed by atoms with E-state index in [1.165, 1.54) is 0 Å². The van der Waals surface area contributed by atoms with E-state index in [1.807, 2.05) is 0 Å². The number of ether oxygens (including phenoxy) is 1. The maximum Gasteiger partial charge on any atom is 0.207 e. The Morgan fingerprint density at radius 3 is 2.85 bits per heavy atom. The van der Waals surface area contributed by atoms with Gasteiger partial charge >= 0.3 is 0 Å². The molecule has 0 aromatic rings. The second kappa shape index (κ2) is 2.00. The summed E-state index contributed by atoms with van der Waals surface area (Å²) >= 11 is 0. The molecule has 2 aliphatic heterocycles. The second-order valence-corrected chi connectivity index (χ2v) is 4.05. The molecular weight excluding hydrogens is 175 g/mol. The van der Waals surface area contributed by atoms with Gasteiger partial charge in [0.15, 0.2) is 5.78 Å². The van der Waals surface area contributed by atoms with E-state index in [0.29, 0.717) is 6.42 Å². The molecule has 3 fully saturated rings. The van der Waals surface area contributed by atoms with Crippen LogP contribution in [0.2, 0.25) is 0 Å². The van der Waals surface area contributed by atoms with Gasteiger partial charge in [0.1, 0.15) is 11.9 Å². The lowest BCUT2D eigenvalue weighted by atomic mass is 9.78. The van der Waals surface area contributed by atoms with Crippen LogP contribution in [0.15, 0.2) is 0 Å². The van der Waals surface area contributed by atoms with Crippen molar-refractivity contribution in [3.05, 3.63) is 0 Å². The second-order valence-electron chi connectivity index (χ2n) is 4.05. The molecule has 0 radical (unpaired) electrons. The molecule has 0 aromatic heterocycles. The van der Waals surface area contributed by atoms with Gasteiger partial charge in [-0.15, -0.1) is 0 Å². The number of Topliss-reactive ketones (excluding diaryl/α,β-unsaturated/α-hetero) is 2. The van der Waals surface area contributed by atoms with Gasteiger partial charge in [-0.3, -0.25) is 9.59 Å². The number of ketones is 2. The van der Waals surface area contributed by atoms with Crippen molar-refractivity contribution in [3.8, 4) is 0 Å². The van der Waals surface area contributed by atoms with Crippen LogP contribution in [0.25, 0.3) is 0 Å². The molecule has 2 heterocycles. The van der Waals surface area contributed by atoms with Gasteiger partial charge in [-0.2, -0.15) is 0 Å². The minimum absolute atomic E-state index is 0.225. The van der Waals surface area contributed by atoms with E-state index in [2.05, 4.69) is 0 Å². The molecule has 0 spiro atoms. The third-order valence-electron chi connectivity index (χ3n) is 3.45. The number of halogens is 1. The highest BCUT2D eigenvalue weighted by molar-refractivity contribution is 6.13. The molecule has 1 saturated carbocycles. The molecule has 3 aliphatic rings. The summed E-state index contributed by atoms with van der Waals surface area (Å²) in [6.07, 6.45) is 0.115. The van der Waals surface area contributed by atoms with Crippen LogP contribution >= 0.6 is 0 Å². The maximum atomic E-state index is 14.1. The molecule has 70 valence electrons. The van der Waals surface area contributed by atoms with E-state index in [4.69, 9.17) is 4.74 Å². The molecule has 2 bridgehead atoms. The molecule has 13 heavy (non-hydrogen) atoms. The monoisotopic (exact) mass is 184 g/mol. The minimum Gasteiger partial charge on any atom is -0.370 e. The summed E-state index contributed by atoms with van der Waals surface area (Å²) < 4.78 is 19.4. The Balaban J connectivity index is 2.12. The highest BCUT2D eigenvalue weighted by Gasteiger charge is 2.70. The van der Waals surface area contributed by atoms with Gasteiger partial charge < -0.3 is 4.74 Å². The first-order valence-electron chi connectivity index (χ1n) is 4.54. The van der Waals surface area contributed by atoms with E-state index >= 15 is 0 Å². The number of rotatable bonds is 0. The highest BCUT2D eigenvalue weighted by Crippen LogP contribution is 2.53. The topological polar surface area (TPSA) is 43.4 Å². The van der Waals surface area contributed by atoms with Gasteiger partial charge in [-0.25, -0.2) is 4.39 Å². The van der Waals surface area contributed by atoms with Gasteiger partial charge in [-0.05, 0) is 12.8 Å². The summed E-state index contributed by atoms with van der Waals surface area (Å²) in [6.45, 7) is 0. The Morgan fingerprint density at radius 2 is 2.15 bits per heavy atom. The number of hydrogen-bond acceptors (Lipinski definition) is 3. The van der Waals surface area contributed by atoms with E-state index in [1.54, 1.807) is 0 Å². The quantitative estimate of drug-likeness (QED) is 0.512. The van der Waals surface area contributed by atoms with Crippen LogP contribution in [0.3, 0.4) is 0 Å². The van der Waals surface area contributed by atoms with Crippen molar-refractivity contribution >= 4 is 11.6 Å². The SMILES string of the molecule is O=C1CC(=O)[C@]2(F)[C@H]3CC[C@H](O3)[C@H]12. The Labute approximate surface area is 74.2 Å². The molecular formula is C9H9FO3. The van der Waals surface area contributed by atoms with Gasteiger partial charge in [0, 0.05) is 0 Å². The van der Waals surface area contributed by atoms with Crippen LogP contribution in [0.1, 0.15) is 19.3 Å². The number of carbonyl (C=O) groups is 2. The zero-order chi connectivity index (χ0) is 9.22. The normalized spacial score (nSPS) is 53.2. The molecule has 4 heteroatoms. The van der Waals surface area contributed by atoms with Gasteiger partial charge in [0.2, 0.25) is 5.67 Å². The summed E-state index contributed by atoms with van der Waals surface area (Å²) in [5.41, 5.74) is -1.96. The zero-order valence-electron chi connectivity index (χ0n) is 6.96. The van der Waals surface area contributed by atoms with Gasteiger partial charge in [-0.1, -0.05) is 0 Å². The standard InChI is InChI=1S/C9H9FO3/c10-9-6(12)3-4(11)8(9)5-1-2-7(9)13-5/h5,7-8H,1-3H2/t5-,7+,8-,9-/m0/s1. The van der Waals surface area contributed by atoms with Crippen LogP contribution in [-0.2, 0) is 14.3 Å². The number of alkyl halides is 1. The predicted octanol–water partition coefficient (Wildman–Crippen LogP) is 0.414. The van der Waals surface area contributed by atoms with Crippen molar-refractivity contribution in [2.75, 3.05) is 0 Å². The van der Waals surface area contributed by atoms with Crippen molar-refractivity contribution < 1.29 is 18.7 Å². The van der Waals surface area contributed by atoms with Crippen molar-refractivity contribution in [2.24, 2.45) is 5.92 Å². The Bertz CT molecular complexity index is 314. The summed E-state index contributed by atoms with van der Waals surface area (Å²) in [5, 5.41) is 0. The Kier molecular flexibility index (Phi) is 1.17. The van der Waals surface area contributed by atoms with Crippen LogP contribution in [0, 0.1) is 5.92 Å². The Hall–Kier alpha value is -0.770. The molecule has 0 unspecified atom stereocenters. The van der Waals surface area contributed by atoms with Crippen LogP contribution in [-0.4, -0.2) is 29.4 Å². The first-order chi connectivity index (χ1) is 6.14. The summed E-state index contributed by atoms with van der Waals surface area (Å²) in [7, 11) is 0. The highest BCUT2D eigenvalue weighted by atomic mass is 19.1. The molecule has 1 aliphatic carbocycles. The van der Waals surface area contributed by atoms with Crippen LogP contribution in [0.5, 0.6) is 0 Å². The number of hydrogen-bond donors (Lipinski definition) is 0. The van der Waals surface area contributed by atoms with Gasteiger partial charge in [0.05, 0.1) is 18.4 Å². The van der Waals surface area contributed by atoms with Crippen molar-refractivity contribution in [1.29, 1.82) is 0 Å². The summed E-state index contributed by atoms with van der Waals surface area (Å²) in [4.78, 5) is 22.6. The first-order valence-corrected chi connectivity index (χ1v) is 4.54. The molecule has 3 rings (SSSR count). The lowest BCUT2D eigenvalue weighted by Crippen LogP contribution is -2.45. The van der Waals surface area contributed by atoms with Crippen LogP contribution in [0.4, 0.5) is 4.39 Å². The van der Waals surface area contributed by atoms with E-state index in [9.17, 15) is 14.0 Å². The van der Waals surface area contributed by atoms with Crippen molar-refractivity contribution in [2.45, 2.75) is 37.1 Å². The average molecular weight is 184 g/mol. The molecule has 0 aromatic carbocycles. The fraction of sp³-hybridized carbons (Fsp3) is 0.778. The summed E-state index contributed by atoms with van der Waals surface area (Å²) in [5.74, 6) is -1.60. The average Bonchev–Trinajstić information content (AvgIpc) is 2.66. The largest absolute Gasteiger partial charge is 0.370 e. The van der Waals surface area contributed by atoms with E-state index in [-0.39, 0.29) is 18.3 Å². The fourth-order valence-corrected chi connectivity index (χ4v) is 2.89. The molecule has 0 N–H and O–H groups in total. The van der Waals surface area contributed by atoms with Crippen molar-refractivity contribution in [3.63, 3.8) is 0 Å². The molecule has 4 atom stereocenters. The minimum atomic E-state index is -1.96.